The Labute approximate surface area is 260 Å². The summed E-state index contributed by atoms with van der Waals surface area (Å²) >= 11 is 6.47. The summed E-state index contributed by atoms with van der Waals surface area (Å²) in [5, 5.41) is 9.53. The molecule has 2 aliphatic heterocycles. The van der Waals surface area contributed by atoms with Crippen molar-refractivity contribution in [3.8, 4) is 11.5 Å². The highest BCUT2D eigenvalue weighted by molar-refractivity contribution is 6.34. The van der Waals surface area contributed by atoms with E-state index in [9.17, 15) is 9.59 Å². The number of primary amides is 1. The third-order valence-corrected chi connectivity index (χ3v) is 8.41. The second kappa shape index (κ2) is 12.6. The largest absolute Gasteiger partial charge is 0.454 e. The second-order valence-corrected chi connectivity index (χ2v) is 11.3. The monoisotopic (exact) mass is 615 g/mol. The van der Waals surface area contributed by atoms with Crippen molar-refractivity contribution in [3.05, 3.63) is 75.9 Å². The fraction of sp³-hybridized carbons (Fsp3) is 0.312. The Kier molecular flexibility index (Phi) is 8.40. The van der Waals surface area contributed by atoms with Crippen LogP contribution in [0.1, 0.15) is 41.3 Å². The zero-order valence-electron chi connectivity index (χ0n) is 24.7. The van der Waals surface area contributed by atoms with Crippen LogP contribution in [-0.2, 0) is 11.2 Å². The van der Waals surface area contributed by atoms with Crippen LogP contribution in [0.25, 0.3) is 5.70 Å². The van der Waals surface area contributed by atoms with Crippen molar-refractivity contribution >= 4 is 52.5 Å². The first-order valence-electron chi connectivity index (χ1n) is 14.6. The van der Waals surface area contributed by atoms with Crippen LogP contribution in [0.15, 0.2) is 59.3 Å². The van der Waals surface area contributed by atoms with Crippen LogP contribution in [-0.4, -0.2) is 67.9 Å². The number of hydrazone groups is 1. The summed E-state index contributed by atoms with van der Waals surface area (Å²) in [5.41, 5.74) is 11.0. The van der Waals surface area contributed by atoms with Gasteiger partial charge in [0.2, 0.25) is 6.79 Å². The second-order valence-electron chi connectivity index (χ2n) is 10.9. The third kappa shape index (κ3) is 6.06. The summed E-state index contributed by atoms with van der Waals surface area (Å²) in [6.07, 6.45) is 5.04. The topological polar surface area (TPSA) is 126 Å². The van der Waals surface area contributed by atoms with Gasteiger partial charge in [0.05, 0.1) is 22.0 Å². The molecule has 3 N–H and O–H groups in total. The number of nitrogens with one attached hydrogen (secondary N) is 1. The number of rotatable bonds is 8. The number of allylic oxidation sites excluding steroid dienone is 1. The van der Waals surface area contributed by atoms with Gasteiger partial charge >= 0.3 is 0 Å². The number of anilines is 3. The molecule has 3 aliphatic rings. The minimum absolute atomic E-state index is 0.135. The predicted molar refractivity (Wildman–Crippen MR) is 172 cm³/mol. The van der Waals surface area contributed by atoms with Crippen molar-refractivity contribution in [1.82, 2.24) is 9.88 Å². The summed E-state index contributed by atoms with van der Waals surface area (Å²) in [7, 11) is 2.09. The molecule has 0 bridgehead atoms. The predicted octanol–water partition coefficient (Wildman–Crippen LogP) is 4.51. The van der Waals surface area contributed by atoms with Crippen LogP contribution in [0.4, 0.5) is 17.2 Å². The van der Waals surface area contributed by atoms with Gasteiger partial charge in [-0.1, -0.05) is 24.6 Å². The Hall–Kier alpha value is -4.61. The number of piperazine rings is 1. The molecular weight excluding hydrogens is 582 g/mol. The minimum Gasteiger partial charge on any atom is -0.454 e. The van der Waals surface area contributed by atoms with E-state index in [-0.39, 0.29) is 17.7 Å². The highest BCUT2D eigenvalue weighted by Gasteiger charge is 2.27. The summed E-state index contributed by atoms with van der Waals surface area (Å²) < 4.78 is 11.1. The Morgan fingerprint density at radius 3 is 2.66 bits per heavy atom. The van der Waals surface area contributed by atoms with Gasteiger partial charge in [-0.05, 0) is 67.8 Å². The number of carbonyl (C=O) groups excluding carboxylic acids is 2. The number of fused-ring (bicyclic) bond motifs is 2. The van der Waals surface area contributed by atoms with Gasteiger partial charge in [0, 0.05) is 49.7 Å². The lowest BCUT2D eigenvalue weighted by molar-refractivity contribution is -0.111. The maximum atomic E-state index is 13.6. The van der Waals surface area contributed by atoms with Crippen molar-refractivity contribution in [3.63, 3.8) is 0 Å². The molecule has 11 nitrogen and oxygen atoms in total. The number of hydrogen-bond acceptors (Lipinski definition) is 9. The lowest BCUT2D eigenvalue weighted by atomic mass is 9.87. The molecule has 44 heavy (non-hydrogen) atoms. The van der Waals surface area contributed by atoms with Gasteiger partial charge < -0.3 is 30.3 Å². The number of carbonyl (C=O) groups is 2. The zero-order valence-corrected chi connectivity index (χ0v) is 25.4. The Morgan fingerprint density at radius 1 is 1.09 bits per heavy atom. The molecule has 6 rings (SSSR count). The van der Waals surface area contributed by atoms with Gasteiger partial charge in [-0.25, -0.2) is 9.99 Å². The van der Waals surface area contributed by atoms with Gasteiger partial charge in [-0.2, -0.15) is 5.10 Å². The van der Waals surface area contributed by atoms with Crippen LogP contribution in [0.5, 0.6) is 11.5 Å². The maximum Gasteiger partial charge on any atom is 0.261 e. The summed E-state index contributed by atoms with van der Waals surface area (Å²) in [4.78, 5) is 34.3. The molecule has 0 spiro atoms. The average molecular weight is 616 g/mol. The lowest BCUT2D eigenvalue weighted by Gasteiger charge is -2.33. The van der Waals surface area contributed by atoms with Gasteiger partial charge in [-0.15, -0.1) is 0 Å². The van der Waals surface area contributed by atoms with Crippen molar-refractivity contribution in [2.45, 2.75) is 26.2 Å². The van der Waals surface area contributed by atoms with Gasteiger partial charge in [0.25, 0.3) is 11.8 Å². The van der Waals surface area contributed by atoms with E-state index in [1.165, 1.54) is 6.20 Å². The molecule has 0 radical (unpaired) electrons. The number of hydrogen-bond donors (Lipinski definition) is 2. The van der Waals surface area contributed by atoms with E-state index in [4.69, 9.17) is 26.8 Å². The number of pyridine rings is 1. The number of likely N-dealkylation sites (N-methyl/N-ethyl adjacent to an activating group) is 1. The molecule has 1 aromatic heterocycles. The van der Waals surface area contributed by atoms with E-state index >= 15 is 0 Å². The van der Waals surface area contributed by atoms with Gasteiger partial charge in [0.1, 0.15) is 12.0 Å². The van der Waals surface area contributed by atoms with Crippen LogP contribution in [0.3, 0.4) is 0 Å². The van der Waals surface area contributed by atoms with Gasteiger partial charge in [0.15, 0.2) is 11.5 Å². The summed E-state index contributed by atoms with van der Waals surface area (Å²) in [6, 6.07) is 13.1. The van der Waals surface area contributed by atoms with Crippen LogP contribution in [0.2, 0.25) is 5.02 Å². The standard InChI is InChI=1S/C32H34ClN7O4/c1-3-20-4-5-21-6-7-22(37-32(42)25-16-30(35-17-26(25)33)39-12-10-38(2)11-13-39)14-24(21)31(20)40(36-18-29(34)41)23-8-9-27-28(15-23)44-19-43-27/h6-9,14-18H,3-5,10-13,19H2,1-2H3,(H2,34,41)(H,37,42)/b36-18+. The molecule has 1 saturated heterocycles. The summed E-state index contributed by atoms with van der Waals surface area (Å²) in [5.74, 6) is 0.947. The molecule has 0 unspecified atom stereocenters. The highest BCUT2D eigenvalue weighted by Crippen LogP contribution is 2.42. The Morgan fingerprint density at radius 2 is 1.89 bits per heavy atom. The number of halogens is 1. The number of nitrogens with two attached hydrogens (primary N) is 1. The lowest BCUT2D eigenvalue weighted by Crippen LogP contribution is -2.44. The third-order valence-electron chi connectivity index (χ3n) is 8.11. The SMILES string of the molecule is CCC1=C(N(/N=C/C(N)=O)c2ccc3c(c2)OCO3)c2cc(NC(=O)c3cc(N4CCN(C)CC4)ncc3Cl)ccc2CC1. The maximum absolute atomic E-state index is 13.6. The number of aromatic nitrogens is 1. The molecule has 228 valence electrons. The quantitative estimate of drug-likeness (QED) is 0.280. The van der Waals surface area contributed by atoms with E-state index in [0.29, 0.717) is 28.4 Å². The van der Waals surface area contributed by atoms with E-state index in [2.05, 4.69) is 39.2 Å². The van der Waals surface area contributed by atoms with E-state index in [1.54, 1.807) is 11.1 Å². The van der Waals surface area contributed by atoms with E-state index in [1.807, 2.05) is 36.4 Å². The Balaban J connectivity index is 1.34. The number of ether oxygens (including phenoxy) is 2. The molecule has 0 saturated carbocycles. The highest BCUT2D eigenvalue weighted by atomic mass is 35.5. The fourth-order valence-electron chi connectivity index (χ4n) is 5.69. The smallest absolute Gasteiger partial charge is 0.261 e. The summed E-state index contributed by atoms with van der Waals surface area (Å²) in [6.45, 7) is 5.71. The van der Waals surface area contributed by atoms with Crippen molar-refractivity contribution in [2.75, 3.05) is 55.2 Å². The number of aryl methyl sites for hydroxylation is 1. The minimum atomic E-state index is -0.670. The molecule has 3 aromatic rings. The molecule has 2 amide bonds. The van der Waals surface area contributed by atoms with Crippen LogP contribution >= 0.6 is 11.6 Å². The number of nitrogens with zero attached hydrogens (tertiary/aromatic N) is 5. The average Bonchev–Trinajstić information content (AvgIpc) is 3.50. The van der Waals surface area contributed by atoms with Crippen LogP contribution in [0, 0.1) is 0 Å². The van der Waals surface area contributed by atoms with Crippen molar-refractivity contribution in [1.29, 1.82) is 0 Å². The molecule has 1 aliphatic carbocycles. The molecule has 2 aromatic carbocycles. The molecule has 3 heterocycles. The van der Waals surface area contributed by atoms with E-state index in [0.717, 1.165) is 79.9 Å². The molecular formula is C32H34ClN7O4. The Bertz CT molecular complexity index is 1670. The van der Waals surface area contributed by atoms with E-state index < -0.39 is 5.91 Å². The van der Waals surface area contributed by atoms with Crippen molar-refractivity contribution < 1.29 is 19.1 Å². The van der Waals surface area contributed by atoms with Crippen LogP contribution < -0.4 is 30.4 Å². The van der Waals surface area contributed by atoms with Gasteiger partial charge in [-0.3, -0.25) is 9.59 Å². The molecule has 1 fully saturated rings. The number of amides is 2. The molecule has 12 heteroatoms. The zero-order chi connectivity index (χ0) is 30.8. The first-order valence-corrected chi connectivity index (χ1v) is 15.0. The fourth-order valence-corrected chi connectivity index (χ4v) is 5.88. The van der Waals surface area contributed by atoms with Crippen molar-refractivity contribution in [2.24, 2.45) is 10.8 Å². The first-order chi connectivity index (χ1) is 21.3. The first kappa shape index (κ1) is 29.5. The molecule has 0 atom stereocenters. The number of benzene rings is 2. The normalized spacial score (nSPS) is 16.3.